The van der Waals surface area contributed by atoms with Crippen LogP contribution in [-0.2, 0) is 4.79 Å². The predicted molar refractivity (Wildman–Crippen MR) is 65.8 cm³/mol. The van der Waals surface area contributed by atoms with Gasteiger partial charge in [0.25, 0.3) is 0 Å². The van der Waals surface area contributed by atoms with Crippen LogP contribution < -0.4 is 11.1 Å². The van der Waals surface area contributed by atoms with Crippen LogP contribution in [0, 0.1) is 5.92 Å². The van der Waals surface area contributed by atoms with Crippen molar-refractivity contribution < 1.29 is 4.79 Å². The number of nitrogens with two attached hydrogens (primary N) is 1. The first-order chi connectivity index (χ1) is 7.24. The molecule has 15 heavy (non-hydrogen) atoms. The summed E-state index contributed by atoms with van der Waals surface area (Å²) in [4.78, 5) is 11.6. The molecule has 0 fully saturated rings. The second-order valence-electron chi connectivity index (χ2n) is 3.55. The third kappa shape index (κ3) is 4.53. The highest BCUT2D eigenvalue weighted by Crippen LogP contribution is 2.16. The summed E-state index contributed by atoms with van der Waals surface area (Å²) in [5.41, 5.74) is 5.68. The van der Waals surface area contributed by atoms with Crippen molar-refractivity contribution in [3.8, 4) is 0 Å². The highest BCUT2D eigenvalue weighted by molar-refractivity contribution is 7.99. The van der Waals surface area contributed by atoms with Crippen LogP contribution >= 0.6 is 11.8 Å². The van der Waals surface area contributed by atoms with E-state index in [1.54, 1.807) is 11.8 Å². The van der Waals surface area contributed by atoms with Crippen molar-refractivity contribution in [1.82, 2.24) is 5.32 Å². The molecule has 3 nitrogen and oxygen atoms in total. The molecule has 1 aliphatic rings. The fourth-order valence-corrected chi connectivity index (χ4v) is 2.05. The van der Waals surface area contributed by atoms with Crippen molar-refractivity contribution >= 4 is 17.7 Å². The topological polar surface area (TPSA) is 55.1 Å². The van der Waals surface area contributed by atoms with Gasteiger partial charge >= 0.3 is 0 Å². The maximum atomic E-state index is 11.6. The Balaban J connectivity index is 2.09. The van der Waals surface area contributed by atoms with Crippen molar-refractivity contribution in [1.29, 1.82) is 0 Å². The summed E-state index contributed by atoms with van der Waals surface area (Å²) in [5, 5.41) is 2.90. The van der Waals surface area contributed by atoms with Crippen LogP contribution in [0.2, 0.25) is 0 Å². The summed E-state index contributed by atoms with van der Waals surface area (Å²) >= 11 is 1.76. The lowest BCUT2D eigenvalue weighted by Gasteiger charge is -2.09. The zero-order chi connectivity index (χ0) is 11.1. The van der Waals surface area contributed by atoms with E-state index in [0.717, 1.165) is 24.5 Å². The minimum atomic E-state index is -0.0237. The molecule has 0 radical (unpaired) electrons. The van der Waals surface area contributed by atoms with Gasteiger partial charge in [0, 0.05) is 24.1 Å². The zero-order valence-corrected chi connectivity index (χ0v) is 9.63. The Hall–Kier alpha value is -0.740. The Morgan fingerprint density at radius 1 is 1.67 bits per heavy atom. The van der Waals surface area contributed by atoms with Crippen LogP contribution in [0.3, 0.4) is 0 Å². The van der Waals surface area contributed by atoms with Crippen LogP contribution in [0.15, 0.2) is 24.8 Å². The number of carbonyl (C=O) groups excluding carboxylic acids is 1. The van der Waals surface area contributed by atoms with Crippen LogP contribution in [0.1, 0.15) is 6.42 Å². The lowest BCUT2D eigenvalue weighted by molar-refractivity contribution is -0.123. The maximum Gasteiger partial charge on any atom is 0.227 e. The Kier molecular flexibility index (Phi) is 5.50. The number of nitrogens with one attached hydrogen (secondary N) is 1. The first-order valence-electron chi connectivity index (χ1n) is 5.14. The average Bonchev–Trinajstić information content (AvgIpc) is 2.64. The van der Waals surface area contributed by atoms with Gasteiger partial charge in [0.05, 0.1) is 5.92 Å². The maximum absolute atomic E-state index is 11.6. The molecule has 3 N–H and O–H groups in total. The van der Waals surface area contributed by atoms with Gasteiger partial charge in [0.15, 0.2) is 0 Å². The van der Waals surface area contributed by atoms with Gasteiger partial charge in [-0.1, -0.05) is 18.2 Å². The summed E-state index contributed by atoms with van der Waals surface area (Å²) in [5.74, 6) is 1.94. The van der Waals surface area contributed by atoms with E-state index in [1.807, 2.05) is 18.2 Å². The summed E-state index contributed by atoms with van der Waals surface area (Å²) in [6.07, 6.45) is 6.41. The van der Waals surface area contributed by atoms with Crippen molar-refractivity contribution in [2.24, 2.45) is 11.7 Å². The van der Waals surface area contributed by atoms with E-state index in [2.05, 4.69) is 11.9 Å². The molecule has 0 spiro atoms. The molecule has 4 heteroatoms. The fraction of sp³-hybridized carbons (Fsp3) is 0.545. The van der Waals surface area contributed by atoms with Gasteiger partial charge in [-0.3, -0.25) is 4.79 Å². The molecule has 0 aliphatic heterocycles. The molecule has 2 unspecified atom stereocenters. The van der Waals surface area contributed by atoms with E-state index in [4.69, 9.17) is 5.73 Å². The SMILES string of the molecule is C=CCSCCNC(=O)C1C=CC(N)C1. The third-order valence-corrected chi connectivity index (χ3v) is 3.20. The highest BCUT2D eigenvalue weighted by atomic mass is 32.2. The minimum Gasteiger partial charge on any atom is -0.355 e. The Bertz CT molecular complexity index is 253. The molecule has 1 aliphatic carbocycles. The molecule has 0 bridgehead atoms. The molecule has 0 aromatic carbocycles. The van der Waals surface area contributed by atoms with Gasteiger partial charge in [0.2, 0.25) is 5.91 Å². The first-order valence-corrected chi connectivity index (χ1v) is 6.29. The number of hydrogen-bond donors (Lipinski definition) is 2. The van der Waals surface area contributed by atoms with Gasteiger partial charge in [-0.05, 0) is 6.42 Å². The molecule has 0 heterocycles. The van der Waals surface area contributed by atoms with Crippen LogP contribution in [0.4, 0.5) is 0 Å². The average molecular weight is 226 g/mol. The summed E-state index contributed by atoms with van der Waals surface area (Å²) < 4.78 is 0. The standard InChI is InChI=1S/C11H18N2OS/c1-2-6-15-7-5-13-11(14)9-3-4-10(12)8-9/h2-4,9-10H,1,5-8,12H2,(H,13,14). The molecule has 2 atom stereocenters. The second-order valence-corrected chi connectivity index (χ2v) is 4.70. The molecule has 1 amide bonds. The smallest absolute Gasteiger partial charge is 0.227 e. The molecule has 0 aromatic heterocycles. The lowest BCUT2D eigenvalue weighted by atomic mass is 10.1. The number of carbonyl (C=O) groups is 1. The van der Waals surface area contributed by atoms with Crippen LogP contribution in [-0.4, -0.2) is 30.0 Å². The number of hydrogen-bond acceptors (Lipinski definition) is 3. The zero-order valence-electron chi connectivity index (χ0n) is 8.82. The highest BCUT2D eigenvalue weighted by Gasteiger charge is 2.21. The van der Waals surface area contributed by atoms with E-state index >= 15 is 0 Å². The Morgan fingerprint density at radius 3 is 3.07 bits per heavy atom. The number of rotatable bonds is 6. The van der Waals surface area contributed by atoms with E-state index < -0.39 is 0 Å². The van der Waals surface area contributed by atoms with Crippen LogP contribution in [0.5, 0.6) is 0 Å². The normalized spacial score (nSPS) is 24.1. The second kappa shape index (κ2) is 6.69. The van der Waals surface area contributed by atoms with E-state index in [1.165, 1.54) is 0 Å². The molecule has 84 valence electrons. The van der Waals surface area contributed by atoms with Gasteiger partial charge < -0.3 is 11.1 Å². The lowest BCUT2D eigenvalue weighted by Crippen LogP contribution is -2.32. The van der Waals surface area contributed by atoms with Crippen molar-refractivity contribution in [3.05, 3.63) is 24.8 Å². The fourth-order valence-electron chi connectivity index (χ4n) is 1.47. The van der Waals surface area contributed by atoms with Gasteiger partial charge in [-0.25, -0.2) is 0 Å². The third-order valence-electron chi connectivity index (χ3n) is 2.23. The number of thioether (sulfide) groups is 1. The largest absolute Gasteiger partial charge is 0.355 e. The minimum absolute atomic E-state index is 0.0237. The number of amides is 1. The molecule has 0 saturated carbocycles. The summed E-state index contributed by atoms with van der Waals surface area (Å²) in [6, 6.07) is 0.0518. The van der Waals surface area contributed by atoms with Gasteiger partial charge in [0.1, 0.15) is 0 Å². The Morgan fingerprint density at radius 2 is 2.47 bits per heavy atom. The van der Waals surface area contributed by atoms with Gasteiger partial charge in [-0.2, -0.15) is 11.8 Å². The van der Waals surface area contributed by atoms with Gasteiger partial charge in [-0.15, -0.1) is 6.58 Å². The summed E-state index contributed by atoms with van der Waals surface area (Å²) in [6.45, 7) is 4.35. The molecular formula is C11H18N2OS. The van der Waals surface area contributed by atoms with Crippen molar-refractivity contribution in [2.75, 3.05) is 18.1 Å². The van der Waals surface area contributed by atoms with E-state index in [0.29, 0.717) is 0 Å². The molecular weight excluding hydrogens is 208 g/mol. The Labute approximate surface area is 95.2 Å². The quantitative estimate of drug-likeness (QED) is 0.523. The molecule has 0 saturated heterocycles. The van der Waals surface area contributed by atoms with Crippen molar-refractivity contribution in [3.63, 3.8) is 0 Å². The summed E-state index contributed by atoms with van der Waals surface area (Å²) in [7, 11) is 0. The van der Waals surface area contributed by atoms with E-state index in [-0.39, 0.29) is 17.9 Å². The van der Waals surface area contributed by atoms with E-state index in [9.17, 15) is 4.79 Å². The monoisotopic (exact) mass is 226 g/mol. The molecule has 0 aromatic rings. The van der Waals surface area contributed by atoms with Crippen LogP contribution in [0.25, 0.3) is 0 Å². The van der Waals surface area contributed by atoms with Crippen molar-refractivity contribution in [2.45, 2.75) is 12.5 Å². The first kappa shape index (κ1) is 12.3. The predicted octanol–water partition coefficient (Wildman–Crippen LogP) is 0.925. The molecule has 1 rings (SSSR count).